The molecule has 0 spiro atoms. The Balaban J connectivity index is 2.82. The summed E-state index contributed by atoms with van der Waals surface area (Å²) in [5, 5.41) is 10.9. The minimum absolute atomic E-state index is 0.0875. The van der Waals surface area contributed by atoms with Gasteiger partial charge in [0, 0.05) is 25.2 Å². The lowest BCUT2D eigenvalue weighted by Gasteiger charge is -2.18. The second kappa shape index (κ2) is 7.55. The fourth-order valence-corrected chi connectivity index (χ4v) is 1.69. The van der Waals surface area contributed by atoms with Crippen LogP contribution < -0.4 is 11.3 Å². The first-order chi connectivity index (χ1) is 9.86. The second-order valence-corrected chi connectivity index (χ2v) is 4.78. The van der Waals surface area contributed by atoms with Gasteiger partial charge in [0.15, 0.2) is 0 Å². The van der Waals surface area contributed by atoms with Crippen LogP contribution in [0.5, 0.6) is 0 Å². The lowest BCUT2D eigenvalue weighted by molar-refractivity contribution is -0.384. The summed E-state index contributed by atoms with van der Waals surface area (Å²) in [6.07, 6.45) is 0.0875. The lowest BCUT2D eigenvalue weighted by Crippen LogP contribution is -2.30. The van der Waals surface area contributed by atoms with Gasteiger partial charge >= 0.3 is 0 Å². The number of carbonyl (C=O) groups is 1. The van der Waals surface area contributed by atoms with Gasteiger partial charge in [0.25, 0.3) is 11.6 Å². The number of hydrazine groups is 1. The minimum Gasteiger partial charge on any atom is -0.377 e. The molecule has 1 rings (SSSR count). The van der Waals surface area contributed by atoms with Crippen molar-refractivity contribution in [2.45, 2.75) is 20.0 Å². The van der Waals surface area contributed by atoms with E-state index in [1.54, 1.807) is 7.05 Å². The fraction of sp³-hybridized carbons (Fsp3) is 0.462. The number of hydrogen-bond acceptors (Lipinski definition) is 6. The van der Waals surface area contributed by atoms with Crippen LogP contribution in [-0.2, 0) is 4.74 Å². The van der Waals surface area contributed by atoms with Crippen LogP contribution in [0.15, 0.2) is 18.2 Å². The van der Waals surface area contributed by atoms with Crippen LogP contribution in [0.25, 0.3) is 0 Å². The predicted octanol–water partition coefficient (Wildman–Crippen LogP) is 1.38. The molecule has 0 bridgehead atoms. The van der Waals surface area contributed by atoms with E-state index >= 15 is 0 Å². The highest BCUT2D eigenvalue weighted by atomic mass is 16.6. The number of nitrogens with two attached hydrogens (primary N) is 1. The Morgan fingerprint density at radius 3 is 2.71 bits per heavy atom. The Hall–Kier alpha value is -2.19. The number of nitrogens with zero attached hydrogens (tertiary/aromatic N) is 2. The van der Waals surface area contributed by atoms with Crippen LogP contribution >= 0.6 is 0 Å². The summed E-state index contributed by atoms with van der Waals surface area (Å²) in [5.74, 6) is 4.89. The second-order valence-electron chi connectivity index (χ2n) is 4.78. The summed E-state index contributed by atoms with van der Waals surface area (Å²) in [7, 11) is 1.62. The standard InChI is InChI=1S/C13H20N4O4/c1-9(2)21-7-6-16(3)13(18)10-4-5-11(15-14)12(8-10)17(19)20/h4-5,8-9,15H,6-7,14H2,1-3H3. The van der Waals surface area contributed by atoms with Gasteiger partial charge in [-0.15, -0.1) is 0 Å². The maximum Gasteiger partial charge on any atom is 0.294 e. The zero-order valence-electron chi connectivity index (χ0n) is 12.3. The monoisotopic (exact) mass is 296 g/mol. The Bertz CT molecular complexity index is 519. The van der Waals surface area contributed by atoms with Crippen molar-refractivity contribution < 1.29 is 14.5 Å². The van der Waals surface area contributed by atoms with Gasteiger partial charge in [-0.05, 0) is 26.0 Å². The number of ether oxygens (including phenoxy) is 1. The summed E-state index contributed by atoms with van der Waals surface area (Å²) < 4.78 is 5.37. The van der Waals surface area contributed by atoms with Crippen molar-refractivity contribution in [3.05, 3.63) is 33.9 Å². The van der Waals surface area contributed by atoms with Crippen LogP contribution in [0.1, 0.15) is 24.2 Å². The molecule has 0 fully saturated rings. The van der Waals surface area contributed by atoms with Crippen LogP contribution in [0.3, 0.4) is 0 Å². The van der Waals surface area contributed by atoms with Gasteiger partial charge in [0.1, 0.15) is 5.69 Å². The molecule has 0 aliphatic carbocycles. The summed E-state index contributed by atoms with van der Waals surface area (Å²) in [6, 6.07) is 4.10. The number of nitrogens with one attached hydrogen (secondary N) is 1. The van der Waals surface area contributed by atoms with Crippen LogP contribution in [0.4, 0.5) is 11.4 Å². The molecule has 1 aromatic carbocycles. The molecule has 1 aromatic rings. The van der Waals surface area contributed by atoms with E-state index in [9.17, 15) is 14.9 Å². The first kappa shape index (κ1) is 16.9. The van der Waals surface area contributed by atoms with Gasteiger partial charge in [-0.1, -0.05) is 0 Å². The first-order valence-electron chi connectivity index (χ1n) is 6.49. The lowest BCUT2D eigenvalue weighted by atomic mass is 10.1. The summed E-state index contributed by atoms with van der Waals surface area (Å²) in [6.45, 7) is 4.62. The molecule has 0 aromatic heterocycles. The van der Waals surface area contributed by atoms with Crippen molar-refractivity contribution in [1.29, 1.82) is 0 Å². The van der Waals surface area contributed by atoms with Crippen molar-refractivity contribution in [3.8, 4) is 0 Å². The van der Waals surface area contributed by atoms with E-state index in [0.717, 1.165) is 0 Å². The van der Waals surface area contributed by atoms with E-state index in [-0.39, 0.29) is 28.9 Å². The first-order valence-corrected chi connectivity index (χ1v) is 6.49. The quantitative estimate of drug-likeness (QED) is 0.446. The molecule has 0 atom stereocenters. The molecule has 8 heteroatoms. The third kappa shape index (κ3) is 4.69. The Morgan fingerprint density at radius 1 is 1.52 bits per heavy atom. The molecule has 0 aliphatic heterocycles. The molecule has 0 radical (unpaired) electrons. The molecule has 0 saturated heterocycles. The van der Waals surface area contributed by atoms with Crippen LogP contribution in [0, 0.1) is 10.1 Å². The van der Waals surface area contributed by atoms with Crippen molar-refractivity contribution in [2.24, 2.45) is 5.84 Å². The highest BCUT2D eigenvalue weighted by Gasteiger charge is 2.19. The number of hydrogen-bond donors (Lipinski definition) is 2. The van der Waals surface area contributed by atoms with Gasteiger partial charge in [-0.2, -0.15) is 0 Å². The molecule has 21 heavy (non-hydrogen) atoms. The molecule has 0 aliphatic rings. The number of likely N-dealkylation sites (N-methyl/N-ethyl adjacent to an activating group) is 1. The number of nitro groups is 1. The number of nitro benzene ring substituents is 1. The Kier molecular flexibility index (Phi) is 6.07. The van der Waals surface area contributed by atoms with E-state index in [4.69, 9.17) is 10.6 Å². The summed E-state index contributed by atoms with van der Waals surface area (Å²) >= 11 is 0. The van der Waals surface area contributed by atoms with Crippen LogP contribution in [0.2, 0.25) is 0 Å². The highest BCUT2D eigenvalue weighted by molar-refractivity contribution is 5.95. The zero-order valence-corrected chi connectivity index (χ0v) is 12.3. The van der Waals surface area contributed by atoms with E-state index in [1.807, 2.05) is 13.8 Å². The molecule has 0 heterocycles. The van der Waals surface area contributed by atoms with E-state index in [0.29, 0.717) is 13.2 Å². The molecule has 8 nitrogen and oxygen atoms in total. The predicted molar refractivity (Wildman–Crippen MR) is 79.0 cm³/mol. The number of nitrogen functional groups attached to an aromatic ring is 1. The molecule has 3 N–H and O–H groups in total. The number of benzene rings is 1. The highest BCUT2D eigenvalue weighted by Crippen LogP contribution is 2.25. The molecule has 1 amide bonds. The molecular formula is C13H20N4O4. The third-order valence-electron chi connectivity index (χ3n) is 2.82. The summed E-state index contributed by atoms with van der Waals surface area (Å²) in [4.78, 5) is 24.0. The number of anilines is 1. The van der Waals surface area contributed by atoms with Gasteiger partial charge < -0.3 is 15.1 Å². The maximum absolute atomic E-state index is 12.2. The largest absolute Gasteiger partial charge is 0.377 e. The smallest absolute Gasteiger partial charge is 0.294 e. The average molecular weight is 296 g/mol. The number of carbonyl (C=O) groups excluding carboxylic acids is 1. The van der Waals surface area contributed by atoms with Gasteiger partial charge in [-0.3, -0.25) is 20.8 Å². The maximum atomic E-state index is 12.2. The van der Waals surface area contributed by atoms with Crippen molar-refractivity contribution in [2.75, 3.05) is 25.6 Å². The fourth-order valence-electron chi connectivity index (χ4n) is 1.69. The average Bonchev–Trinajstić information content (AvgIpc) is 2.45. The number of rotatable bonds is 7. The van der Waals surface area contributed by atoms with Gasteiger partial charge in [-0.25, -0.2) is 0 Å². The topological polar surface area (TPSA) is 111 Å². The molecule has 116 valence electrons. The van der Waals surface area contributed by atoms with E-state index in [2.05, 4.69) is 5.43 Å². The third-order valence-corrected chi connectivity index (χ3v) is 2.82. The summed E-state index contributed by atoms with van der Waals surface area (Å²) in [5.41, 5.74) is 2.38. The molecular weight excluding hydrogens is 276 g/mol. The van der Waals surface area contributed by atoms with Crippen molar-refractivity contribution in [1.82, 2.24) is 4.90 Å². The zero-order chi connectivity index (χ0) is 16.0. The van der Waals surface area contributed by atoms with E-state index < -0.39 is 4.92 Å². The molecule has 0 saturated carbocycles. The van der Waals surface area contributed by atoms with Crippen molar-refractivity contribution in [3.63, 3.8) is 0 Å². The Labute approximate surface area is 123 Å². The van der Waals surface area contributed by atoms with Gasteiger partial charge in [0.2, 0.25) is 0 Å². The normalized spacial score (nSPS) is 10.5. The van der Waals surface area contributed by atoms with E-state index in [1.165, 1.54) is 23.1 Å². The van der Waals surface area contributed by atoms with Gasteiger partial charge in [0.05, 0.1) is 17.6 Å². The Morgan fingerprint density at radius 2 is 2.19 bits per heavy atom. The molecule has 0 unspecified atom stereocenters. The minimum atomic E-state index is -0.589. The van der Waals surface area contributed by atoms with Crippen molar-refractivity contribution >= 4 is 17.3 Å². The SMILES string of the molecule is CC(C)OCCN(C)C(=O)c1ccc(NN)c([N+](=O)[O-])c1. The number of amides is 1. The van der Waals surface area contributed by atoms with Crippen LogP contribution in [-0.4, -0.2) is 42.0 Å².